The Morgan fingerprint density at radius 3 is 2.56 bits per heavy atom. The number of allylic oxidation sites excluding steroid dienone is 3. The smallest absolute Gasteiger partial charge is 0.0480 e. The molecule has 0 unspecified atom stereocenters. The van der Waals surface area contributed by atoms with Gasteiger partial charge in [0.15, 0.2) is 0 Å². The predicted molar refractivity (Wildman–Crippen MR) is 86.7 cm³/mol. The second-order valence-corrected chi connectivity index (χ2v) is 11.8. The minimum Gasteiger partial charge on any atom is -0.0952 e. The zero-order valence-corrected chi connectivity index (χ0v) is 13.3. The normalized spacial score (nSPS) is 12.0. The van der Waals surface area contributed by atoms with Gasteiger partial charge in [-0.15, -0.1) is 0 Å². The van der Waals surface area contributed by atoms with Crippen molar-refractivity contribution < 1.29 is 0 Å². The summed E-state index contributed by atoms with van der Waals surface area (Å²) in [7, 11) is -0.915. The van der Waals surface area contributed by atoms with E-state index in [1.165, 1.54) is 22.7 Å². The maximum atomic E-state index is 4.19. The van der Waals surface area contributed by atoms with Gasteiger partial charge in [0.25, 0.3) is 0 Å². The zero-order valence-electron chi connectivity index (χ0n) is 12.3. The highest BCUT2D eigenvalue weighted by Gasteiger charge is 2.09. The molecule has 0 saturated heterocycles. The minimum absolute atomic E-state index is 0.915. The maximum Gasteiger partial charge on any atom is 0.0480 e. The fourth-order valence-electron chi connectivity index (χ4n) is 1.82. The van der Waals surface area contributed by atoms with E-state index in [1.54, 1.807) is 0 Å². The van der Waals surface area contributed by atoms with Gasteiger partial charge < -0.3 is 0 Å². The van der Waals surface area contributed by atoms with Crippen LogP contribution in [0.25, 0.3) is 5.57 Å². The molecule has 0 aliphatic rings. The van der Waals surface area contributed by atoms with Gasteiger partial charge in [-0.3, -0.25) is 0 Å². The van der Waals surface area contributed by atoms with Crippen molar-refractivity contribution in [2.24, 2.45) is 0 Å². The highest BCUT2D eigenvalue weighted by Crippen LogP contribution is 2.19. The quantitative estimate of drug-likeness (QED) is 0.454. The van der Waals surface area contributed by atoms with E-state index in [2.05, 4.69) is 69.6 Å². The molecule has 0 fully saturated rings. The Hall–Kier alpha value is -1.08. The van der Waals surface area contributed by atoms with Crippen molar-refractivity contribution in [3.05, 3.63) is 54.1 Å². The third-order valence-corrected chi connectivity index (χ3v) is 4.40. The molecule has 1 aromatic rings. The molecule has 0 aliphatic heterocycles. The lowest BCUT2D eigenvalue weighted by molar-refractivity contribution is 1.07. The molecule has 0 aliphatic carbocycles. The molecule has 1 aromatic carbocycles. The van der Waals surface area contributed by atoms with Crippen LogP contribution in [0.1, 0.15) is 24.0 Å². The molecule has 0 aromatic heterocycles. The number of hydrogen-bond acceptors (Lipinski definition) is 0. The summed E-state index contributed by atoms with van der Waals surface area (Å²) in [6, 6.07) is 9.89. The topological polar surface area (TPSA) is 0 Å². The first-order chi connectivity index (χ1) is 8.38. The summed E-state index contributed by atoms with van der Waals surface area (Å²) in [4.78, 5) is 0. The van der Waals surface area contributed by atoms with E-state index in [4.69, 9.17) is 0 Å². The average Bonchev–Trinajstić information content (AvgIpc) is 2.26. The summed E-state index contributed by atoms with van der Waals surface area (Å²) in [6.45, 7) is 13.5. The Bertz CT molecular complexity index is 421. The summed E-state index contributed by atoms with van der Waals surface area (Å²) >= 11 is 0. The molecule has 98 valence electrons. The fraction of sp³-hybridized carbons (Fsp3) is 0.412. The number of benzene rings is 1. The van der Waals surface area contributed by atoms with Crippen LogP contribution in [0.4, 0.5) is 0 Å². The van der Waals surface area contributed by atoms with Crippen molar-refractivity contribution in [1.82, 2.24) is 0 Å². The van der Waals surface area contributed by atoms with Gasteiger partial charge in [-0.1, -0.05) is 68.2 Å². The van der Waals surface area contributed by atoms with Crippen LogP contribution in [0.5, 0.6) is 0 Å². The lowest BCUT2D eigenvalue weighted by atomic mass is 10.0. The number of hydrogen-bond donors (Lipinski definition) is 0. The molecule has 18 heavy (non-hydrogen) atoms. The van der Waals surface area contributed by atoms with E-state index in [0.29, 0.717) is 0 Å². The predicted octanol–water partition coefficient (Wildman–Crippen LogP) is 5.68. The summed E-state index contributed by atoms with van der Waals surface area (Å²) in [6.07, 6.45) is 6.85. The van der Waals surface area contributed by atoms with Gasteiger partial charge in [-0.25, -0.2) is 0 Å². The van der Waals surface area contributed by atoms with Crippen LogP contribution in [-0.4, -0.2) is 8.07 Å². The molecule has 0 heterocycles. The molecular formula is C17H26Si. The Morgan fingerprint density at radius 2 is 1.94 bits per heavy atom. The molecule has 0 bridgehead atoms. The second kappa shape index (κ2) is 6.74. The summed E-state index contributed by atoms with van der Waals surface area (Å²) in [5.41, 5.74) is 3.84. The lowest BCUT2D eigenvalue weighted by Gasteiger charge is -2.11. The molecule has 0 nitrogen and oxygen atoms in total. The first kappa shape index (κ1) is 15.0. The van der Waals surface area contributed by atoms with Crippen molar-refractivity contribution in [1.29, 1.82) is 0 Å². The zero-order chi connectivity index (χ0) is 13.6. The molecule has 0 radical (unpaired) electrons. The minimum atomic E-state index is -0.915. The van der Waals surface area contributed by atoms with E-state index in [9.17, 15) is 0 Å². The van der Waals surface area contributed by atoms with Gasteiger partial charge in [0, 0.05) is 8.07 Å². The third-order valence-electron chi connectivity index (χ3n) is 2.94. The Labute approximate surface area is 113 Å². The van der Waals surface area contributed by atoms with Crippen LogP contribution in [0, 0.1) is 6.92 Å². The van der Waals surface area contributed by atoms with Crippen molar-refractivity contribution in [2.45, 2.75) is 45.5 Å². The molecule has 0 amide bonds. The standard InChI is InChI=1S/C17H26Si/c1-15-10-9-12-17(14-15)16(2)11-7-6-8-13-18(3,4)5/h6,8-10,12,14H,2,7,11,13H2,1,3-5H3/b8-6+. The highest BCUT2D eigenvalue weighted by molar-refractivity contribution is 6.76. The van der Waals surface area contributed by atoms with E-state index in [-0.39, 0.29) is 0 Å². The first-order valence-corrected chi connectivity index (χ1v) is 10.5. The van der Waals surface area contributed by atoms with Gasteiger partial charge in [0.1, 0.15) is 0 Å². The van der Waals surface area contributed by atoms with Crippen molar-refractivity contribution in [3.8, 4) is 0 Å². The number of rotatable bonds is 6. The molecule has 0 spiro atoms. The molecule has 0 saturated carbocycles. The van der Waals surface area contributed by atoms with Gasteiger partial charge in [-0.2, -0.15) is 0 Å². The van der Waals surface area contributed by atoms with Crippen LogP contribution >= 0.6 is 0 Å². The van der Waals surface area contributed by atoms with Crippen molar-refractivity contribution in [3.63, 3.8) is 0 Å². The molecule has 1 rings (SSSR count). The maximum absolute atomic E-state index is 4.19. The number of aryl methyl sites for hydroxylation is 1. The SMILES string of the molecule is C=C(CC/C=C/C[Si](C)(C)C)c1cccc(C)c1. The Balaban J connectivity index is 2.38. The second-order valence-electron chi connectivity index (χ2n) is 6.25. The van der Waals surface area contributed by atoms with Crippen LogP contribution in [0.15, 0.2) is 43.0 Å². The van der Waals surface area contributed by atoms with Crippen LogP contribution in [0.2, 0.25) is 25.7 Å². The largest absolute Gasteiger partial charge is 0.0952 e. The summed E-state index contributed by atoms with van der Waals surface area (Å²) < 4.78 is 0. The Kier molecular flexibility index (Phi) is 5.61. The van der Waals surface area contributed by atoms with Crippen LogP contribution < -0.4 is 0 Å². The van der Waals surface area contributed by atoms with Gasteiger partial charge in [-0.05, 0) is 36.9 Å². The molecule has 0 atom stereocenters. The molecule has 1 heteroatoms. The van der Waals surface area contributed by atoms with Gasteiger partial charge in [0.2, 0.25) is 0 Å². The lowest BCUT2D eigenvalue weighted by Crippen LogP contribution is -2.17. The molecular weight excluding hydrogens is 232 g/mol. The van der Waals surface area contributed by atoms with Crippen LogP contribution in [0.3, 0.4) is 0 Å². The monoisotopic (exact) mass is 258 g/mol. The van der Waals surface area contributed by atoms with Crippen molar-refractivity contribution in [2.75, 3.05) is 0 Å². The van der Waals surface area contributed by atoms with E-state index >= 15 is 0 Å². The summed E-state index contributed by atoms with van der Waals surface area (Å²) in [5, 5.41) is 0. The molecule has 0 N–H and O–H groups in total. The summed E-state index contributed by atoms with van der Waals surface area (Å²) in [5.74, 6) is 0. The highest BCUT2D eigenvalue weighted by atomic mass is 28.3. The third kappa shape index (κ3) is 6.01. The van der Waals surface area contributed by atoms with Gasteiger partial charge >= 0.3 is 0 Å². The first-order valence-electron chi connectivity index (χ1n) is 6.78. The van der Waals surface area contributed by atoms with E-state index in [1.807, 2.05) is 0 Å². The Morgan fingerprint density at radius 1 is 1.22 bits per heavy atom. The van der Waals surface area contributed by atoms with E-state index in [0.717, 1.165) is 12.8 Å². The van der Waals surface area contributed by atoms with E-state index < -0.39 is 8.07 Å². The van der Waals surface area contributed by atoms with Gasteiger partial charge in [0.05, 0.1) is 0 Å². The van der Waals surface area contributed by atoms with Crippen LogP contribution in [-0.2, 0) is 0 Å². The fourth-order valence-corrected chi connectivity index (χ4v) is 2.70. The average molecular weight is 258 g/mol. The van der Waals surface area contributed by atoms with Crippen molar-refractivity contribution >= 4 is 13.6 Å².